The van der Waals surface area contributed by atoms with Gasteiger partial charge in [0.15, 0.2) is 17.4 Å². The highest BCUT2D eigenvalue weighted by molar-refractivity contribution is 7.00. The van der Waals surface area contributed by atoms with Crippen molar-refractivity contribution in [2.45, 2.75) is 45.6 Å². The predicted molar refractivity (Wildman–Crippen MR) is 110 cm³/mol. The first-order chi connectivity index (χ1) is 11.4. The van der Waals surface area contributed by atoms with Crippen molar-refractivity contribution in [2.24, 2.45) is 0 Å². The van der Waals surface area contributed by atoms with E-state index in [1.54, 1.807) is 0 Å². The first-order valence-electron chi connectivity index (χ1n) is 8.76. The number of hydrogen-bond donors (Lipinski definition) is 0. The van der Waals surface area contributed by atoms with E-state index in [2.05, 4.69) is 94.2 Å². The van der Waals surface area contributed by atoms with E-state index in [-0.39, 0.29) is 0 Å². The first kappa shape index (κ1) is 19.3. The Balaban J connectivity index is 2.63. The standard InChI is InChI=1S/C19H29O2Si3/c1-6-22(7-2)20-24(21-23(3,4)5,18-14-10-8-11-15-18)19-16-12-9-13-17-19/h8-17H,6-7H2,1-5H3. The molecule has 0 aromatic heterocycles. The van der Waals surface area contributed by atoms with Gasteiger partial charge in [0, 0.05) is 0 Å². The molecule has 0 saturated carbocycles. The van der Waals surface area contributed by atoms with Crippen LogP contribution in [0.3, 0.4) is 0 Å². The molecule has 2 rings (SSSR count). The molecule has 0 N–H and O–H groups in total. The summed E-state index contributed by atoms with van der Waals surface area (Å²) in [5.74, 6) is 0. The molecule has 0 aliphatic rings. The third-order valence-corrected chi connectivity index (χ3v) is 13.5. The fourth-order valence-electron chi connectivity index (χ4n) is 2.77. The summed E-state index contributed by atoms with van der Waals surface area (Å²) < 4.78 is 13.9. The van der Waals surface area contributed by atoms with Gasteiger partial charge in [-0.2, -0.15) is 0 Å². The van der Waals surface area contributed by atoms with Crippen molar-refractivity contribution < 1.29 is 8.23 Å². The lowest BCUT2D eigenvalue weighted by Gasteiger charge is -2.39. The molecule has 0 amide bonds. The van der Waals surface area contributed by atoms with Crippen molar-refractivity contribution in [3.8, 4) is 0 Å². The highest BCUT2D eigenvalue weighted by Gasteiger charge is 2.46. The van der Waals surface area contributed by atoms with E-state index in [9.17, 15) is 0 Å². The maximum absolute atomic E-state index is 6.94. The zero-order valence-electron chi connectivity index (χ0n) is 15.5. The Morgan fingerprint density at radius 2 is 1.17 bits per heavy atom. The van der Waals surface area contributed by atoms with Crippen LogP contribution >= 0.6 is 0 Å². The molecule has 1 radical (unpaired) electrons. The fourth-order valence-corrected chi connectivity index (χ4v) is 13.5. The summed E-state index contributed by atoms with van der Waals surface area (Å²) >= 11 is 0. The minimum atomic E-state index is -2.68. The van der Waals surface area contributed by atoms with Gasteiger partial charge in [0.25, 0.3) is 0 Å². The molecule has 0 spiro atoms. The van der Waals surface area contributed by atoms with Gasteiger partial charge in [0.05, 0.1) is 0 Å². The van der Waals surface area contributed by atoms with Gasteiger partial charge in [-0.25, -0.2) is 0 Å². The van der Waals surface area contributed by atoms with Crippen molar-refractivity contribution >= 4 is 36.3 Å². The first-order valence-corrected chi connectivity index (χ1v) is 15.8. The van der Waals surface area contributed by atoms with Crippen LogP contribution in [-0.2, 0) is 8.23 Å². The Morgan fingerprint density at radius 1 is 0.750 bits per heavy atom. The molecule has 2 aromatic rings. The third-order valence-electron chi connectivity index (χ3n) is 3.83. The van der Waals surface area contributed by atoms with Crippen LogP contribution in [0.2, 0.25) is 31.7 Å². The zero-order chi connectivity index (χ0) is 17.6. The molecule has 2 aromatic carbocycles. The van der Waals surface area contributed by atoms with Gasteiger partial charge in [-0.3, -0.25) is 0 Å². The van der Waals surface area contributed by atoms with Crippen LogP contribution in [0.15, 0.2) is 60.7 Å². The Bertz CT molecular complexity index is 568. The molecular formula is C19H29O2Si3. The summed E-state index contributed by atoms with van der Waals surface area (Å²) in [6.45, 7) is 11.2. The van der Waals surface area contributed by atoms with Crippen molar-refractivity contribution in [2.75, 3.05) is 0 Å². The molecule has 2 nitrogen and oxygen atoms in total. The van der Waals surface area contributed by atoms with Crippen LogP contribution in [0.25, 0.3) is 0 Å². The maximum atomic E-state index is 6.94. The quantitative estimate of drug-likeness (QED) is 0.647. The molecule has 0 aliphatic heterocycles. The smallest absolute Gasteiger partial charge is 0.386 e. The Kier molecular flexibility index (Phi) is 6.77. The average Bonchev–Trinajstić information content (AvgIpc) is 2.59. The summed E-state index contributed by atoms with van der Waals surface area (Å²) in [7, 11) is -5.37. The molecule has 0 aliphatic carbocycles. The molecule has 129 valence electrons. The van der Waals surface area contributed by atoms with Crippen molar-refractivity contribution in [1.29, 1.82) is 0 Å². The summed E-state index contributed by atoms with van der Waals surface area (Å²) in [6.07, 6.45) is 0. The molecule has 0 heterocycles. The zero-order valence-corrected chi connectivity index (χ0v) is 18.5. The summed E-state index contributed by atoms with van der Waals surface area (Å²) in [5.41, 5.74) is 0. The molecular weight excluding hydrogens is 344 g/mol. The average molecular weight is 374 g/mol. The summed E-state index contributed by atoms with van der Waals surface area (Å²) in [5, 5.41) is 2.45. The Labute approximate surface area is 151 Å². The van der Waals surface area contributed by atoms with Crippen molar-refractivity contribution in [1.82, 2.24) is 0 Å². The van der Waals surface area contributed by atoms with Gasteiger partial charge in [-0.15, -0.1) is 0 Å². The molecule has 0 fully saturated rings. The molecule has 0 bridgehead atoms. The van der Waals surface area contributed by atoms with Crippen LogP contribution < -0.4 is 10.4 Å². The second-order valence-electron chi connectivity index (χ2n) is 6.91. The topological polar surface area (TPSA) is 18.5 Å². The maximum Gasteiger partial charge on any atom is 0.386 e. The van der Waals surface area contributed by atoms with Crippen molar-refractivity contribution in [3.05, 3.63) is 60.7 Å². The van der Waals surface area contributed by atoms with Gasteiger partial charge in [-0.1, -0.05) is 74.5 Å². The monoisotopic (exact) mass is 373 g/mol. The van der Waals surface area contributed by atoms with Gasteiger partial charge in [0.1, 0.15) is 0 Å². The molecule has 0 unspecified atom stereocenters. The lowest BCUT2D eigenvalue weighted by atomic mass is 10.4. The second kappa shape index (κ2) is 8.40. The van der Waals surface area contributed by atoms with Gasteiger partial charge < -0.3 is 8.23 Å². The summed E-state index contributed by atoms with van der Waals surface area (Å²) in [4.78, 5) is 0. The normalized spacial score (nSPS) is 12.6. The highest BCUT2D eigenvalue weighted by Crippen LogP contribution is 2.20. The minimum absolute atomic E-state index is 0.886. The van der Waals surface area contributed by atoms with Crippen molar-refractivity contribution in [3.63, 3.8) is 0 Å². The van der Waals surface area contributed by atoms with E-state index < -0.39 is 25.9 Å². The Hall–Kier alpha value is -0.989. The van der Waals surface area contributed by atoms with Gasteiger partial charge in [-0.05, 0) is 42.1 Å². The molecule has 24 heavy (non-hydrogen) atoms. The van der Waals surface area contributed by atoms with Gasteiger partial charge in [0.2, 0.25) is 0 Å². The Morgan fingerprint density at radius 3 is 1.50 bits per heavy atom. The van der Waals surface area contributed by atoms with E-state index in [4.69, 9.17) is 8.23 Å². The molecule has 5 heteroatoms. The van der Waals surface area contributed by atoms with E-state index in [0.717, 1.165) is 12.1 Å². The van der Waals surface area contributed by atoms with Crippen LogP contribution in [0.4, 0.5) is 0 Å². The number of benzene rings is 2. The minimum Gasteiger partial charge on any atom is -0.430 e. The van der Waals surface area contributed by atoms with Gasteiger partial charge >= 0.3 is 8.56 Å². The largest absolute Gasteiger partial charge is 0.430 e. The van der Waals surface area contributed by atoms with E-state index >= 15 is 0 Å². The van der Waals surface area contributed by atoms with Crippen LogP contribution in [0.5, 0.6) is 0 Å². The molecule has 0 saturated heterocycles. The second-order valence-corrected chi connectivity index (χ2v) is 17.6. The van der Waals surface area contributed by atoms with E-state index in [1.165, 1.54) is 10.4 Å². The third kappa shape index (κ3) is 4.77. The van der Waals surface area contributed by atoms with Crippen LogP contribution in [-0.4, -0.2) is 25.9 Å². The van der Waals surface area contributed by atoms with Crippen LogP contribution in [0.1, 0.15) is 13.8 Å². The van der Waals surface area contributed by atoms with E-state index in [0.29, 0.717) is 0 Å². The SMILES string of the molecule is CC[Si](CC)O[Si](O[Si](C)(C)C)(c1ccccc1)c1ccccc1. The number of hydrogen-bond acceptors (Lipinski definition) is 2. The molecule has 0 atom stereocenters. The predicted octanol–water partition coefficient (Wildman–Crippen LogP) is 4.14. The fraction of sp³-hybridized carbons (Fsp3) is 0.368. The lowest BCUT2D eigenvalue weighted by molar-refractivity contribution is 0.418. The van der Waals surface area contributed by atoms with Crippen LogP contribution in [0, 0.1) is 0 Å². The van der Waals surface area contributed by atoms with E-state index in [1.807, 2.05) is 0 Å². The highest BCUT2D eigenvalue weighted by atomic mass is 28.5. The summed E-state index contributed by atoms with van der Waals surface area (Å²) in [6, 6.07) is 23.5. The number of rotatable bonds is 8. The lowest BCUT2D eigenvalue weighted by Crippen LogP contribution is -2.68.